The molecule has 32 heavy (non-hydrogen) atoms. The van der Waals surface area contributed by atoms with Crippen LogP contribution in [-0.2, 0) is 11.2 Å². The molecule has 0 spiro atoms. The average Bonchev–Trinajstić information content (AvgIpc) is 2.82. The lowest BCUT2D eigenvalue weighted by atomic mass is 10.1. The molecule has 1 saturated heterocycles. The van der Waals surface area contributed by atoms with Crippen molar-refractivity contribution in [3.05, 3.63) is 63.8 Å². The second-order valence-corrected chi connectivity index (χ2v) is 7.91. The molecule has 9 heteroatoms. The van der Waals surface area contributed by atoms with Crippen molar-refractivity contribution < 1.29 is 4.79 Å². The lowest BCUT2D eigenvalue weighted by Gasteiger charge is -2.35. The molecule has 0 bridgehead atoms. The maximum Gasteiger partial charge on any atom is 0.258 e. The van der Waals surface area contributed by atoms with E-state index >= 15 is 0 Å². The number of aromatic nitrogens is 3. The number of carbonyl (C=O) groups is 1. The van der Waals surface area contributed by atoms with Crippen molar-refractivity contribution >= 4 is 28.5 Å². The highest BCUT2D eigenvalue weighted by Gasteiger charge is 2.22. The van der Waals surface area contributed by atoms with E-state index in [-0.39, 0.29) is 11.5 Å². The number of hydrogen-bond donors (Lipinski definition) is 2. The summed E-state index contributed by atoms with van der Waals surface area (Å²) in [5.41, 5.74) is 8.10. The first-order chi connectivity index (χ1) is 15.4. The van der Waals surface area contributed by atoms with Crippen LogP contribution in [0.2, 0.25) is 0 Å². The number of nitrogens with two attached hydrogens (primary N) is 1. The van der Waals surface area contributed by atoms with Gasteiger partial charge in [0.2, 0.25) is 5.91 Å². The molecule has 3 aromatic rings. The number of amidine groups is 1. The van der Waals surface area contributed by atoms with Crippen molar-refractivity contribution in [3.63, 3.8) is 0 Å². The Kier molecular flexibility index (Phi) is 6.16. The molecular weight excluding hydrogens is 406 g/mol. The van der Waals surface area contributed by atoms with Crippen LogP contribution in [0.1, 0.15) is 23.4 Å². The normalized spacial score (nSPS) is 14.8. The minimum Gasteiger partial charge on any atom is -0.383 e. The van der Waals surface area contributed by atoms with Crippen LogP contribution < -0.4 is 16.2 Å². The van der Waals surface area contributed by atoms with Crippen LogP contribution in [0, 0.1) is 6.92 Å². The zero-order valence-electron chi connectivity index (χ0n) is 18.3. The zero-order valence-corrected chi connectivity index (χ0v) is 18.3. The van der Waals surface area contributed by atoms with Gasteiger partial charge in [-0.3, -0.25) is 14.6 Å². The SMILES string of the molecule is CN=C(N)c1ccc(N2CCN(C(=O)CCc3nc4ccc(C)cc4c(=O)[nH]3)CC2)nc1. The maximum absolute atomic E-state index is 12.7. The van der Waals surface area contributed by atoms with Crippen LogP contribution in [0.3, 0.4) is 0 Å². The van der Waals surface area contributed by atoms with Gasteiger partial charge in [-0.05, 0) is 31.2 Å². The summed E-state index contributed by atoms with van der Waals surface area (Å²) in [6, 6.07) is 9.42. The molecule has 3 N–H and O–H groups in total. The molecule has 4 rings (SSSR count). The van der Waals surface area contributed by atoms with Gasteiger partial charge in [-0.15, -0.1) is 0 Å². The van der Waals surface area contributed by atoms with Crippen LogP contribution in [0.15, 0.2) is 46.3 Å². The summed E-state index contributed by atoms with van der Waals surface area (Å²) in [6.45, 7) is 4.61. The molecule has 1 fully saturated rings. The highest BCUT2D eigenvalue weighted by atomic mass is 16.2. The van der Waals surface area contributed by atoms with Gasteiger partial charge in [-0.1, -0.05) is 11.6 Å². The lowest BCUT2D eigenvalue weighted by Crippen LogP contribution is -2.49. The molecule has 1 aliphatic rings. The molecule has 0 unspecified atom stereocenters. The highest BCUT2D eigenvalue weighted by molar-refractivity contribution is 5.97. The van der Waals surface area contributed by atoms with E-state index in [0.29, 0.717) is 61.6 Å². The van der Waals surface area contributed by atoms with Crippen molar-refractivity contribution in [2.75, 3.05) is 38.1 Å². The lowest BCUT2D eigenvalue weighted by molar-refractivity contribution is -0.131. The molecule has 2 aromatic heterocycles. The summed E-state index contributed by atoms with van der Waals surface area (Å²) >= 11 is 0. The Labute approximate surface area is 186 Å². The first kappa shape index (κ1) is 21.5. The Morgan fingerprint density at radius 3 is 2.66 bits per heavy atom. The summed E-state index contributed by atoms with van der Waals surface area (Å²) in [6.07, 6.45) is 2.43. The van der Waals surface area contributed by atoms with Gasteiger partial charge in [-0.25, -0.2) is 9.97 Å². The van der Waals surface area contributed by atoms with Crippen LogP contribution in [0.4, 0.5) is 5.82 Å². The number of carbonyl (C=O) groups excluding carboxylic acids is 1. The number of anilines is 1. The third kappa shape index (κ3) is 4.61. The molecule has 0 atom stereocenters. The van der Waals surface area contributed by atoms with Gasteiger partial charge < -0.3 is 20.5 Å². The molecule has 9 nitrogen and oxygen atoms in total. The third-order valence-corrected chi connectivity index (χ3v) is 5.73. The summed E-state index contributed by atoms with van der Waals surface area (Å²) in [5.74, 6) is 1.92. The smallest absolute Gasteiger partial charge is 0.258 e. The first-order valence-corrected chi connectivity index (χ1v) is 10.7. The number of aliphatic imine (C=N–C) groups is 1. The van der Waals surface area contributed by atoms with E-state index in [9.17, 15) is 9.59 Å². The average molecular weight is 434 g/mol. The molecule has 166 valence electrons. The van der Waals surface area contributed by atoms with E-state index in [2.05, 4.69) is 24.8 Å². The van der Waals surface area contributed by atoms with Crippen molar-refractivity contribution in [1.82, 2.24) is 19.9 Å². The summed E-state index contributed by atoms with van der Waals surface area (Å²) in [7, 11) is 1.65. The molecule has 0 saturated carbocycles. The molecule has 0 radical (unpaired) electrons. The first-order valence-electron chi connectivity index (χ1n) is 10.7. The molecule has 1 aliphatic heterocycles. The number of aryl methyl sites for hydroxylation is 2. The maximum atomic E-state index is 12.7. The topological polar surface area (TPSA) is 121 Å². The number of amides is 1. The number of piperazine rings is 1. The number of nitrogens with one attached hydrogen (secondary N) is 1. The number of aromatic amines is 1. The van der Waals surface area contributed by atoms with E-state index in [4.69, 9.17) is 5.73 Å². The van der Waals surface area contributed by atoms with Crippen LogP contribution in [-0.4, -0.2) is 64.8 Å². The van der Waals surface area contributed by atoms with E-state index in [1.54, 1.807) is 13.2 Å². The number of pyridine rings is 1. The van der Waals surface area contributed by atoms with Gasteiger partial charge >= 0.3 is 0 Å². The van der Waals surface area contributed by atoms with Crippen LogP contribution in [0.5, 0.6) is 0 Å². The standard InChI is InChI=1S/C23H27N7O2/c1-15-3-5-18-17(13-15)23(32)28-19(27-18)6-8-21(31)30-11-9-29(10-12-30)20-7-4-16(14-26-20)22(24)25-2/h3-5,7,13-14H,6,8-12H2,1-2H3,(H2,24,25)(H,27,28,32). The fourth-order valence-electron chi connectivity index (χ4n) is 3.84. The van der Waals surface area contributed by atoms with E-state index < -0.39 is 0 Å². The van der Waals surface area contributed by atoms with Gasteiger partial charge in [0, 0.05) is 57.8 Å². The van der Waals surface area contributed by atoms with Crippen molar-refractivity contribution in [2.24, 2.45) is 10.7 Å². The van der Waals surface area contributed by atoms with E-state index in [0.717, 1.165) is 16.9 Å². The summed E-state index contributed by atoms with van der Waals surface area (Å²) in [5, 5.41) is 0.572. The van der Waals surface area contributed by atoms with Gasteiger partial charge in [0.15, 0.2) is 0 Å². The Bertz CT molecular complexity index is 1210. The van der Waals surface area contributed by atoms with Gasteiger partial charge in [0.05, 0.1) is 10.9 Å². The van der Waals surface area contributed by atoms with Gasteiger partial charge in [0.25, 0.3) is 5.56 Å². The second-order valence-electron chi connectivity index (χ2n) is 7.91. The Morgan fingerprint density at radius 2 is 1.97 bits per heavy atom. The fourth-order valence-corrected chi connectivity index (χ4v) is 3.84. The van der Waals surface area contributed by atoms with Crippen molar-refractivity contribution in [2.45, 2.75) is 19.8 Å². The number of rotatable bonds is 5. The summed E-state index contributed by atoms with van der Waals surface area (Å²) < 4.78 is 0. The highest BCUT2D eigenvalue weighted by Crippen LogP contribution is 2.15. The van der Waals surface area contributed by atoms with Gasteiger partial charge in [0.1, 0.15) is 17.5 Å². The fraction of sp³-hybridized carbons (Fsp3) is 0.348. The van der Waals surface area contributed by atoms with Gasteiger partial charge in [-0.2, -0.15) is 0 Å². The van der Waals surface area contributed by atoms with Crippen molar-refractivity contribution in [3.8, 4) is 0 Å². The predicted molar refractivity (Wildman–Crippen MR) is 125 cm³/mol. The second kappa shape index (κ2) is 9.17. The van der Waals surface area contributed by atoms with E-state index in [1.165, 1.54) is 0 Å². The Balaban J connectivity index is 1.32. The minimum absolute atomic E-state index is 0.0616. The largest absolute Gasteiger partial charge is 0.383 e. The monoisotopic (exact) mass is 433 g/mol. The summed E-state index contributed by atoms with van der Waals surface area (Å²) in [4.78, 5) is 44.8. The Morgan fingerprint density at radius 1 is 1.19 bits per heavy atom. The Hall–Kier alpha value is -3.75. The zero-order chi connectivity index (χ0) is 22.7. The quantitative estimate of drug-likeness (QED) is 0.461. The molecule has 1 aromatic carbocycles. The van der Waals surface area contributed by atoms with Crippen molar-refractivity contribution in [1.29, 1.82) is 0 Å². The molecule has 0 aliphatic carbocycles. The van der Waals surface area contributed by atoms with E-state index in [1.807, 2.05) is 42.2 Å². The number of fused-ring (bicyclic) bond motifs is 1. The number of hydrogen-bond acceptors (Lipinski definition) is 6. The number of H-pyrrole nitrogens is 1. The number of benzene rings is 1. The predicted octanol–water partition coefficient (Wildman–Crippen LogP) is 1.24. The van der Waals surface area contributed by atoms with Crippen LogP contribution >= 0.6 is 0 Å². The van der Waals surface area contributed by atoms with Crippen LogP contribution in [0.25, 0.3) is 10.9 Å². The minimum atomic E-state index is -0.166. The number of nitrogens with zero attached hydrogens (tertiary/aromatic N) is 5. The third-order valence-electron chi connectivity index (χ3n) is 5.73. The molecule has 3 heterocycles. The molecule has 1 amide bonds. The molecular formula is C23H27N7O2.